The second-order valence-electron chi connectivity index (χ2n) is 14.8. The van der Waals surface area contributed by atoms with Crippen LogP contribution < -0.4 is 0 Å². The number of benzene rings is 10. The monoisotopic (exact) mass is 712 g/mol. The van der Waals surface area contributed by atoms with Crippen LogP contribution in [-0.4, -0.2) is 0 Å². The van der Waals surface area contributed by atoms with E-state index >= 15 is 0 Å². The van der Waals surface area contributed by atoms with Crippen molar-refractivity contribution in [3.63, 3.8) is 0 Å². The molecule has 0 aliphatic rings. The second kappa shape index (κ2) is 12.0. The van der Waals surface area contributed by atoms with Gasteiger partial charge in [0.05, 0.1) is 0 Å². The van der Waals surface area contributed by atoms with Crippen LogP contribution in [0.5, 0.6) is 0 Å². The lowest BCUT2D eigenvalue weighted by atomic mass is 9.86. The molecule has 2 heterocycles. The summed E-state index contributed by atoms with van der Waals surface area (Å²) in [6.07, 6.45) is 0. The second-order valence-corrected chi connectivity index (χ2v) is 14.8. The van der Waals surface area contributed by atoms with E-state index in [1.54, 1.807) is 0 Å². The maximum absolute atomic E-state index is 6.15. The number of fused-ring (bicyclic) bond motifs is 12. The molecule has 10 aromatic carbocycles. The molecule has 0 saturated heterocycles. The van der Waals surface area contributed by atoms with E-state index in [1.807, 2.05) is 24.3 Å². The van der Waals surface area contributed by atoms with Crippen LogP contribution in [0.15, 0.2) is 203 Å². The molecule has 56 heavy (non-hydrogen) atoms. The van der Waals surface area contributed by atoms with Crippen molar-refractivity contribution in [2.75, 3.05) is 0 Å². The fraction of sp³-hybridized carbons (Fsp3) is 0. The Bertz CT molecular complexity index is 3340. The third-order valence-electron chi connectivity index (χ3n) is 11.7. The van der Waals surface area contributed by atoms with E-state index in [-0.39, 0.29) is 0 Å². The van der Waals surface area contributed by atoms with Crippen LogP contribution in [0, 0.1) is 0 Å². The first-order valence-corrected chi connectivity index (χ1v) is 19.2. The highest BCUT2D eigenvalue weighted by atomic mass is 16.3. The zero-order valence-electron chi connectivity index (χ0n) is 30.3. The lowest BCUT2D eigenvalue weighted by molar-refractivity contribution is 0.668. The summed E-state index contributed by atoms with van der Waals surface area (Å²) < 4.78 is 12.3. The Morgan fingerprint density at radius 3 is 1.12 bits per heavy atom. The van der Waals surface area contributed by atoms with Gasteiger partial charge in [-0.1, -0.05) is 146 Å². The van der Waals surface area contributed by atoms with Gasteiger partial charge in [0.2, 0.25) is 0 Å². The predicted octanol–water partition coefficient (Wildman–Crippen LogP) is 15.6. The van der Waals surface area contributed by atoms with E-state index in [2.05, 4.69) is 170 Å². The number of hydrogen-bond donors (Lipinski definition) is 0. The fourth-order valence-corrected chi connectivity index (χ4v) is 9.08. The molecule has 0 aliphatic heterocycles. The minimum atomic E-state index is 0.910. The van der Waals surface area contributed by atoms with Crippen LogP contribution in [0.3, 0.4) is 0 Å². The molecule has 0 saturated carbocycles. The highest BCUT2D eigenvalue weighted by Gasteiger charge is 2.17. The van der Waals surface area contributed by atoms with Gasteiger partial charge in [0.15, 0.2) is 0 Å². The maximum Gasteiger partial charge on any atom is 0.135 e. The van der Waals surface area contributed by atoms with E-state index in [0.717, 1.165) is 43.9 Å². The van der Waals surface area contributed by atoms with Gasteiger partial charge in [0, 0.05) is 21.5 Å². The van der Waals surface area contributed by atoms with Crippen molar-refractivity contribution in [1.29, 1.82) is 0 Å². The fourth-order valence-electron chi connectivity index (χ4n) is 9.08. The number of rotatable bonds is 4. The SMILES string of the molecule is c1cc(-c2ccc3oc4ccccc4c3c2)cc(-c2cccc3c2c2ccccc2c2cccc(-c4cccc(-c5ccc6oc7ccccc7c6c5)c4)c23)c1. The molecule has 2 nitrogen and oxygen atoms in total. The lowest BCUT2D eigenvalue weighted by Gasteiger charge is -2.18. The molecule has 0 atom stereocenters. The van der Waals surface area contributed by atoms with Gasteiger partial charge in [-0.2, -0.15) is 0 Å². The minimum absolute atomic E-state index is 0.910. The molecular weight excluding hydrogens is 681 g/mol. The van der Waals surface area contributed by atoms with E-state index in [4.69, 9.17) is 8.83 Å². The normalized spacial score (nSPS) is 11.9. The molecule has 0 amide bonds. The summed E-state index contributed by atoms with van der Waals surface area (Å²) in [6.45, 7) is 0. The predicted molar refractivity (Wildman–Crippen MR) is 235 cm³/mol. The van der Waals surface area contributed by atoms with Gasteiger partial charge < -0.3 is 8.83 Å². The molecular formula is C54H32O2. The van der Waals surface area contributed by atoms with Gasteiger partial charge in [-0.05, 0) is 125 Å². The van der Waals surface area contributed by atoms with Crippen LogP contribution in [0.2, 0.25) is 0 Å². The smallest absolute Gasteiger partial charge is 0.135 e. The highest BCUT2D eigenvalue weighted by Crippen LogP contribution is 2.45. The molecule has 12 rings (SSSR count). The van der Waals surface area contributed by atoms with Crippen molar-refractivity contribution in [2.24, 2.45) is 0 Å². The van der Waals surface area contributed by atoms with Crippen molar-refractivity contribution < 1.29 is 8.83 Å². The van der Waals surface area contributed by atoms with E-state index < -0.39 is 0 Å². The van der Waals surface area contributed by atoms with Crippen molar-refractivity contribution >= 4 is 76.2 Å². The van der Waals surface area contributed by atoms with Crippen LogP contribution in [0.4, 0.5) is 0 Å². The first-order chi connectivity index (χ1) is 27.7. The van der Waals surface area contributed by atoms with Gasteiger partial charge in [0.25, 0.3) is 0 Å². The Morgan fingerprint density at radius 1 is 0.214 bits per heavy atom. The summed E-state index contributed by atoms with van der Waals surface area (Å²) in [5, 5.41) is 12.1. The van der Waals surface area contributed by atoms with Gasteiger partial charge in [0.1, 0.15) is 22.3 Å². The molecule has 0 spiro atoms. The Hall–Kier alpha value is -7.42. The first kappa shape index (κ1) is 31.0. The quantitative estimate of drug-likeness (QED) is 0.170. The van der Waals surface area contributed by atoms with Gasteiger partial charge in [-0.15, -0.1) is 0 Å². The molecule has 0 aliphatic carbocycles. The molecule has 260 valence electrons. The van der Waals surface area contributed by atoms with Gasteiger partial charge >= 0.3 is 0 Å². The van der Waals surface area contributed by atoms with E-state index in [0.29, 0.717) is 0 Å². The van der Waals surface area contributed by atoms with Crippen LogP contribution in [0.1, 0.15) is 0 Å². The number of furan rings is 2. The molecule has 2 aromatic heterocycles. The molecule has 0 unspecified atom stereocenters. The van der Waals surface area contributed by atoms with E-state index in [1.165, 1.54) is 76.8 Å². The summed E-state index contributed by atoms with van der Waals surface area (Å²) in [5.41, 5.74) is 13.2. The largest absolute Gasteiger partial charge is 0.456 e. The maximum atomic E-state index is 6.15. The first-order valence-electron chi connectivity index (χ1n) is 19.2. The molecule has 2 heteroatoms. The zero-order valence-corrected chi connectivity index (χ0v) is 30.3. The van der Waals surface area contributed by atoms with Gasteiger partial charge in [-0.25, -0.2) is 0 Å². The third kappa shape index (κ3) is 4.69. The van der Waals surface area contributed by atoms with E-state index in [9.17, 15) is 0 Å². The molecule has 0 N–H and O–H groups in total. The Labute approximate surface area is 322 Å². The van der Waals surface area contributed by atoms with Crippen molar-refractivity contribution in [3.8, 4) is 44.5 Å². The van der Waals surface area contributed by atoms with Crippen molar-refractivity contribution in [1.82, 2.24) is 0 Å². The topological polar surface area (TPSA) is 26.3 Å². The van der Waals surface area contributed by atoms with Crippen LogP contribution in [-0.2, 0) is 0 Å². The zero-order chi connectivity index (χ0) is 36.7. The highest BCUT2D eigenvalue weighted by molar-refractivity contribution is 6.31. The lowest BCUT2D eigenvalue weighted by Crippen LogP contribution is -1.90. The number of para-hydroxylation sites is 2. The summed E-state index contributed by atoms with van der Waals surface area (Å²) in [7, 11) is 0. The summed E-state index contributed by atoms with van der Waals surface area (Å²) in [5.74, 6) is 0. The number of hydrogen-bond acceptors (Lipinski definition) is 2. The molecule has 0 bridgehead atoms. The van der Waals surface area contributed by atoms with Crippen LogP contribution in [0.25, 0.3) is 121 Å². The summed E-state index contributed by atoms with van der Waals surface area (Å²) in [4.78, 5) is 0. The standard InChI is InChI=1S/C54H32O2/c1-2-18-44-41(15-1)45-21-9-19-39(37-13-7-11-33(29-37)35-25-27-51-47(31-35)42-16-3-5-23-49(42)55-51)54(45)46-22-10-20-40(53(44)46)38-14-8-12-34(30-38)36-26-28-52-48(32-36)43-17-4-6-24-50(43)56-52/h1-32H. The van der Waals surface area contributed by atoms with Crippen molar-refractivity contribution in [2.45, 2.75) is 0 Å². The Kier molecular flexibility index (Phi) is 6.66. The minimum Gasteiger partial charge on any atom is -0.456 e. The summed E-state index contributed by atoms with van der Waals surface area (Å²) >= 11 is 0. The average Bonchev–Trinajstić information content (AvgIpc) is 3.84. The van der Waals surface area contributed by atoms with Crippen LogP contribution >= 0.6 is 0 Å². The Morgan fingerprint density at radius 2 is 0.589 bits per heavy atom. The molecule has 0 radical (unpaired) electrons. The average molecular weight is 713 g/mol. The summed E-state index contributed by atoms with van der Waals surface area (Å²) in [6, 6.07) is 70.1. The Balaban J connectivity index is 1.05. The third-order valence-corrected chi connectivity index (χ3v) is 11.7. The van der Waals surface area contributed by atoms with Gasteiger partial charge in [-0.3, -0.25) is 0 Å². The molecule has 12 aromatic rings. The molecule has 0 fully saturated rings. The van der Waals surface area contributed by atoms with Crippen molar-refractivity contribution in [3.05, 3.63) is 194 Å².